The van der Waals surface area contributed by atoms with Gasteiger partial charge in [-0.1, -0.05) is 179 Å². The van der Waals surface area contributed by atoms with Crippen LogP contribution in [0.2, 0.25) is 0 Å². The molecular weight excluding hydrogens is 665 g/mol. The van der Waals surface area contributed by atoms with Crippen LogP contribution in [0.3, 0.4) is 0 Å². The van der Waals surface area contributed by atoms with Crippen LogP contribution in [0.25, 0.3) is 0 Å². The molecule has 6 nitrogen and oxygen atoms in total. The SMILES string of the molecule is CCCCCCCCCCCCCCc1ccc(S(=O)(=O)[O-])cc1.CCCCCCCCCCCCCCc1ccc(S(=O)(=O)[O-])cc1.[Mg+2]. The average molecular weight is 731 g/mol. The number of benzene rings is 2. The fourth-order valence-electron chi connectivity index (χ4n) is 5.99. The van der Waals surface area contributed by atoms with Crippen molar-refractivity contribution in [2.75, 3.05) is 0 Å². The first kappa shape index (κ1) is 48.0. The van der Waals surface area contributed by atoms with Crippen molar-refractivity contribution in [3.05, 3.63) is 59.7 Å². The zero-order chi connectivity index (χ0) is 35.4. The molecule has 0 unspecified atom stereocenters. The zero-order valence-corrected chi connectivity index (χ0v) is 34.0. The van der Waals surface area contributed by atoms with Crippen LogP contribution in [0.15, 0.2) is 58.3 Å². The molecule has 0 N–H and O–H groups in total. The van der Waals surface area contributed by atoms with Crippen LogP contribution in [-0.2, 0) is 33.1 Å². The van der Waals surface area contributed by atoms with Gasteiger partial charge in [0.2, 0.25) is 0 Å². The summed E-state index contributed by atoms with van der Waals surface area (Å²) in [6, 6.07) is 12.7. The maximum atomic E-state index is 10.9. The molecule has 0 radical (unpaired) electrons. The Bertz CT molecular complexity index is 1150. The topological polar surface area (TPSA) is 114 Å². The van der Waals surface area contributed by atoms with E-state index in [1.165, 1.54) is 166 Å². The summed E-state index contributed by atoms with van der Waals surface area (Å²) in [5.74, 6) is 0. The molecule has 49 heavy (non-hydrogen) atoms. The van der Waals surface area contributed by atoms with Gasteiger partial charge in [0.15, 0.2) is 0 Å². The second-order valence-electron chi connectivity index (χ2n) is 13.5. The Hall–Kier alpha value is -0.974. The van der Waals surface area contributed by atoms with E-state index in [9.17, 15) is 25.9 Å². The molecule has 0 aromatic heterocycles. The third-order valence-electron chi connectivity index (χ3n) is 9.06. The van der Waals surface area contributed by atoms with Gasteiger partial charge >= 0.3 is 23.1 Å². The summed E-state index contributed by atoms with van der Waals surface area (Å²) in [5, 5.41) is 0. The monoisotopic (exact) mass is 730 g/mol. The minimum absolute atomic E-state index is 0. The maximum Gasteiger partial charge on any atom is 2.00 e. The quantitative estimate of drug-likeness (QED) is 0.0489. The van der Waals surface area contributed by atoms with Gasteiger partial charge in [0.1, 0.15) is 20.2 Å². The van der Waals surface area contributed by atoms with Gasteiger partial charge in [-0.25, -0.2) is 16.8 Å². The minimum Gasteiger partial charge on any atom is -0.744 e. The Morgan fingerprint density at radius 3 is 0.776 bits per heavy atom. The zero-order valence-electron chi connectivity index (χ0n) is 31.0. The molecule has 0 amide bonds. The van der Waals surface area contributed by atoms with E-state index in [2.05, 4.69) is 13.8 Å². The average Bonchev–Trinajstić information content (AvgIpc) is 3.06. The standard InChI is InChI=1S/2C20H34O3S.Mg/c2*1-2-3-4-5-6-7-8-9-10-11-12-13-14-19-15-17-20(18-16-19)24(21,22)23;/h2*15-18H,2-14H2,1H3,(H,21,22,23);/q;;+2/p-2. The summed E-state index contributed by atoms with van der Waals surface area (Å²) in [4.78, 5) is -0.276. The van der Waals surface area contributed by atoms with Crippen molar-refractivity contribution < 1.29 is 25.9 Å². The molecule has 0 spiro atoms. The van der Waals surface area contributed by atoms with Crippen molar-refractivity contribution >= 4 is 43.3 Å². The first-order valence-corrected chi connectivity index (χ1v) is 22.0. The van der Waals surface area contributed by atoms with E-state index in [-0.39, 0.29) is 32.8 Å². The van der Waals surface area contributed by atoms with Gasteiger partial charge < -0.3 is 9.11 Å². The van der Waals surface area contributed by atoms with Crippen LogP contribution in [-0.4, -0.2) is 49.0 Å². The Kier molecular flexibility index (Phi) is 30.0. The molecule has 0 fully saturated rings. The van der Waals surface area contributed by atoms with E-state index in [0.717, 1.165) is 36.8 Å². The molecular formula is C40H66MgO6S2. The predicted octanol–water partition coefficient (Wildman–Crippen LogP) is 11.3. The molecule has 0 aliphatic carbocycles. The second-order valence-corrected chi connectivity index (χ2v) is 16.2. The third kappa shape index (κ3) is 27.4. The van der Waals surface area contributed by atoms with Gasteiger partial charge in [0.25, 0.3) is 0 Å². The molecule has 0 atom stereocenters. The van der Waals surface area contributed by atoms with Crippen molar-refractivity contribution in [1.29, 1.82) is 0 Å². The fraction of sp³-hybridized carbons (Fsp3) is 0.700. The Labute approximate surface area is 317 Å². The smallest absolute Gasteiger partial charge is 0.744 e. The van der Waals surface area contributed by atoms with Crippen molar-refractivity contribution in [2.24, 2.45) is 0 Å². The normalized spacial score (nSPS) is 11.5. The van der Waals surface area contributed by atoms with Crippen LogP contribution < -0.4 is 0 Å². The summed E-state index contributed by atoms with van der Waals surface area (Å²) in [6.45, 7) is 4.51. The summed E-state index contributed by atoms with van der Waals surface area (Å²) in [5.41, 5.74) is 2.21. The van der Waals surface area contributed by atoms with Crippen LogP contribution in [0.1, 0.15) is 179 Å². The van der Waals surface area contributed by atoms with Crippen molar-refractivity contribution in [3.63, 3.8) is 0 Å². The van der Waals surface area contributed by atoms with E-state index in [0.29, 0.717) is 0 Å². The van der Waals surface area contributed by atoms with E-state index >= 15 is 0 Å². The summed E-state index contributed by atoms with van der Waals surface area (Å²) >= 11 is 0. The van der Waals surface area contributed by atoms with Gasteiger partial charge in [-0.05, 0) is 61.1 Å². The van der Waals surface area contributed by atoms with Crippen molar-refractivity contribution in [1.82, 2.24) is 0 Å². The summed E-state index contributed by atoms with van der Waals surface area (Å²) in [7, 11) is -8.63. The summed E-state index contributed by atoms with van der Waals surface area (Å²) < 4.78 is 65.2. The van der Waals surface area contributed by atoms with E-state index in [4.69, 9.17) is 0 Å². The third-order valence-corrected chi connectivity index (χ3v) is 10.8. The molecule has 0 bridgehead atoms. The predicted molar refractivity (Wildman–Crippen MR) is 204 cm³/mol. The van der Waals surface area contributed by atoms with Crippen molar-refractivity contribution in [2.45, 2.75) is 191 Å². The van der Waals surface area contributed by atoms with Gasteiger partial charge in [-0.2, -0.15) is 0 Å². The molecule has 0 aliphatic heterocycles. The Morgan fingerprint density at radius 2 is 0.571 bits per heavy atom. The van der Waals surface area contributed by atoms with E-state index in [1.807, 2.05) is 0 Å². The van der Waals surface area contributed by atoms with Crippen LogP contribution in [0, 0.1) is 0 Å². The number of rotatable bonds is 28. The van der Waals surface area contributed by atoms with Crippen LogP contribution in [0.4, 0.5) is 0 Å². The molecule has 9 heteroatoms. The fourth-order valence-corrected chi connectivity index (χ4v) is 6.92. The minimum atomic E-state index is -4.32. The molecule has 0 aliphatic rings. The second kappa shape index (κ2) is 30.6. The molecule has 0 saturated heterocycles. The molecule has 2 aromatic rings. The number of hydrogen-bond donors (Lipinski definition) is 0. The number of hydrogen-bond acceptors (Lipinski definition) is 6. The first-order chi connectivity index (χ1) is 23.1. The molecule has 276 valence electrons. The first-order valence-electron chi connectivity index (χ1n) is 19.2. The molecule has 0 heterocycles. The molecule has 2 aromatic carbocycles. The van der Waals surface area contributed by atoms with Gasteiger partial charge in [0.05, 0.1) is 9.79 Å². The number of aryl methyl sites for hydroxylation is 2. The largest absolute Gasteiger partial charge is 2.00 e. The van der Waals surface area contributed by atoms with Crippen LogP contribution >= 0.6 is 0 Å². The van der Waals surface area contributed by atoms with Gasteiger partial charge in [0, 0.05) is 0 Å². The van der Waals surface area contributed by atoms with Crippen LogP contribution in [0.5, 0.6) is 0 Å². The molecule has 0 saturated carbocycles. The van der Waals surface area contributed by atoms with E-state index in [1.54, 1.807) is 24.3 Å². The van der Waals surface area contributed by atoms with Gasteiger partial charge in [-0.3, -0.25) is 0 Å². The summed E-state index contributed by atoms with van der Waals surface area (Å²) in [6.07, 6.45) is 33.8. The van der Waals surface area contributed by atoms with Crippen molar-refractivity contribution in [3.8, 4) is 0 Å². The van der Waals surface area contributed by atoms with Gasteiger partial charge in [-0.15, -0.1) is 0 Å². The molecule has 2 rings (SSSR count). The maximum absolute atomic E-state index is 10.9. The van der Waals surface area contributed by atoms with E-state index < -0.39 is 20.2 Å². The Morgan fingerprint density at radius 1 is 0.367 bits per heavy atom. The Balaban J connectivity index is 0.000000922. The number of unbranched alkanes of at least 4 members (excludes halogenated alkanes) is 22.